The second-order valence-corrected chi connectivity index (χ2v) is 5.02. The maximum atomic E-state index is 12.4. The molecule has 0 saturated carbocycles. The molecule has 1 atom stereocenters. The summed E-state index contributed by atoms with van der Waals surface area (Å²) in [5, 5.41) is 3.05. The lowest BCUT2D eigenvalue weighted by atomic mass is 10.0. The lowest BCUT2D eigenvalue weighted by molar-refractivity contribution is 0.0707. The minimum Gasteiger partial charge on any atom is -0.387 e. The van der Waals surface area contributed by atoms with Crippen molar-refractivity contribution in [2.75, 3.05) is 19.4 Å². The van der Waals surface area contributed by atoms with Gasteiger partial charge in [0.2, 0.25) is 0 Å². The van der Waals surface area contributed by atoms with Crippen LogP contribution in [0, 0.1) is 12.8 Å². The van der Waals surface area contributed by atoms with Crippen molar-refractivity contribution < 1.29 is 4.79 Å². The third-order valence-corrected chi connectivity index (χ3v) is 3.44. The molecule has 0 radical (unpaired) electrons. The first kappa shape index (κ1) is 14.5. The first-order chi connectivity index (χ1) is 8.38. The fourth-order valence-electron chi connectivity index (χ4n) is 1.76. The Morgan fingerprint density at radius 2 is 2.00 bits per heavy atom. The first-order valence-electron chi connectivity index (χ1n) is 6.30. The Morgan fingerprint density at radius 1 is 1.39 bits per heavy atom. The van der Waals surface area contributed by atoms with E-state index in [9.17, 15) is 4.79 Å². The number of pyridine rings is 1. The summed E-state index contributed by atoms with van der Waals surface area (Å²) in [6.45, 7) is 8.19. The molecule has 0 aliphatic heterocycles. The molecular weight excluding hydrogens is 226 g/mol. The zero-order valence-electron chi connectivity index (χ0n) is 12.1. The number of nitrogens with one attached hydrogen (secondary N) is 1. The van der Waals surface area contributed by atoms with Crippen LogP contribution in [0.5, 0.6) is 0 Å². The largest absolute Gasteiger partial charge is 0.387 e. The highest BCUT2D eigenvalue weighted by atomic mass is 16.2. The molecule has 4 nitrogen and oxygen atoms in total. The number of carbonyl (C=O) groups is 1. The fraction of sp³-hybridized carbons (Fsp3) is 0.571. The van der Waals surface area contributed by atoms with Crippen LogP contribution < -0.4 is 5.32 Å². The molecule has 4 heteroatoms. The van der Waals surface area contributed by atoms with E-state index in [0.717, 1.165) is 11.4 Å². The van der Waals surface area contributed by atoms with E-state index in [2.05, 4.69) is 31.1 Å². The van der Waals surface area contributed by atoms with Gasteiger partial charge < -0.3 is 10.2 Å². The van der Waals surface area contributed by atoms with Crippen molar-refractivity contribution in [3.63, 3.8) is 0 Å². The molecule has 0 aliphatic rings. The third kappa shape index (κ3) is 3.00. The standard InChI is InChI=1S/C14H23N3O/c1-9(2)11(4)17(6)14(18)12-8-16-10(3)7-13(12)15-5/h7-9,11H,1-6H3,(H,15,16). The predicted octanol–water partition coefficient (Wildman–Crippen LogP) is 2.55. The van der Waals surface area contributed by atoms with Gasteiger partial charge in [0.25, 0.3) is 5.91 Å². The molecule has 0 fully saturated rings. The van der Waals surface area contributed by atoms with Crippen LogP contribution >= 0.6 is 0 Å². The van der Waals surface area contributed by atoms with Crippen molar-refractivity contribution in [2.24, 2.45) is 5.92 Å². The van der Waals surface area contributed by atoms with E-state index in [1.165, 1.54) is 0 Å². The highest BCUT2D eigenvalue weighted by molar-refractivity contribution is 5.99. The number of rotatable bonds is 4. The number of carbonyl (C=O) groups excluding carboxylic acids is 1. The lowest BCUT2D eigenvalue weighted by Gasteiger charge is -2.28. The quantitative estimate of drug-likeness (QED) is 0.892. The molecule has 0 saturated heterocycles. The van der Waals surface area contributed by atoms with Crippen LogP contribution in [0.3, 0.4) is 0 Å². The topological polar surface area (TPSA) is 45.2 Å². The van der Waals surface area contributed by atoms with Crippen LogP contribution in [0.15, 0.2) is 12.3 Å². The number of aryl methyl sites for hydroxylation is 1. The second-order valence-electron chi connectivity index (χ2n) is 5.02. The monoisotopic (exact) mass is 249 g/mol. The average Bonchev–Trinajstić information content (AvgIpc) is 2.35. The van der Waals surface area contributed by atoms with Gasteiger partial charge in [0.15, 0.2) is 0 Å². The van der Waals surface area contributed by atoms with Crippen molar-refractivity contribution in [1.29, 1.82) is 0 Å². The van der Waals surface area contributed by atoms with E-state index < -0.39 is 0 Å². The Hall–Kier alpha value is -1.58. The van der Waals surface area contributed by atoms with E-state index >= 15 is 0 Å². The number of hydrogen-bond acceptors (Lipinski definition) is 3. The highest BCUT2D eigenvalue weighted by Crippen LogP contribution is 2.19. The molecule has 1 amide bonds. The van der Waals surface area contributed by atoms with Crippen molar-refractivity contribution in [3.8, 4) is 0 Å². The summed E-state index contributed by atoms with van der Waals surface area (Å²) in [4.78, 5) is 18.4. The Morgan fingerprint density at radius 3 is 2.50 bits per heavy atom. The number of nitrogens with zero attached hydrogens (tertiary/aromatic N) is 2. The highest BCUT2D eigenvalue weighted by Gasteiger charge is 2.22. The van der Waals surface area contributed by atoms with Crippen molar-refractivity contribution in [1.82, 2.24) is 9.88 Å². The maximum absolute atomic E-state index is 12.4. The summed E-state index contributed by atoms with van der Waals surface area (Å²) in [5.41, 5.74) is 2.35. The van der Waals surface area contributed by atoms with Crippen molar-refractivity contribution >= 4 is 11.6 Å². The first-order valence-corrected chi connectivity index (χ1v) is 6.30. The Bertz CT molecular complexity index is 429. The minimum atomic E-state index is 0.00745. The summed E-state index contributed by atoms with van der Waals surface area (Å²) in [6, 6.07) is 2.09. The van der Waals surface area contributed by atoms with Crippen LogP contribution in [-0.2, 0) is 0 Å². The SMILES string of the molecule is CNc1cc(C)ncc1C(=O)N(C)C(C)C(C)C. The second kappa shape index (κ2) is 5.85. The molecule has 0 bridgehead atoms. The molecule has 0 spiro atoms. The Labute approximate surface area is 109 Å². The van der Waals surface area contributed by atoms with Gasteiger partial charge in [-0.1, -0.05) is 13.8 Å². The summed E-state index contributed by atoms with van der Waals surface area (Å²) in [5.74, 6) is 0.434. The molecule has 0 aromatic carbocycles. The summed E-state index contributed by atoms with van der Waals surface area (Å²) < 4.78 is 0. The average molecular weight is 249 g/mol. The number of hydrogen-bond donors (Lipinski definition) is 1. The molecule has 1 N–H and O–H groups in total. The van der Waals surface area contributed by atoms with E-state index in [1.807, 2.05) is 27.1 Å². The van der Waals surface area contributed by atoms with Gasteiger partial charge in [-0.15, -0.1) is 0 Å². The van der Waals surface area contributed by atoms with Gasteiger partial charge in [-0.3, -0.25) is 9.78 Å². The van der Waals surface area contributed by atoms with Gasteiger partial charge in [0, 0.05) is 32.0 Å². The Kier molecular flexibility index (Phi) is 4.70. The lowest BCUT2D eigenvalue weighted by Crippen LogP contribution is -2.38. The smallest absolute Gasteiger partial charge is 0.257 e. The van der Waals surface area contributed by atoms with Crippen LogP contribution in [0.25, 0.3) is 0 Å². The number of anilines is 1. The molecule has 1 heterocycles. The van der Waals surface area contributed by atoms with Crippen LogP contribution in [-0.4, -0.2) is 35.9 Å². The summed E-state index contributed by atoms with van der Waals surface area (Å²) in [6.07, 6.45) is 1.65. The molecule has 100 valence electrons. The van der Waals surface area contributed by atoms with Crippen molar-refractivity contribution in [2.45, 2.75) is 33.7 Å². The molecule has 1 rings (SSSR count). The summed E-state index contributed by atoms with van der Waals surface area (Å²) in [7, 11) is 3.66. The molecule has 1 aromatic heterocycles. The van der Waals surface area contributed by atoms with Gasteiger partial charge in [-0.25, -0.2) is 0 Å². The van der Waals surface area contributed by atoms with Gasteiger partial charge in [0.1, 0.15) is 0 Å². The number of aromatic nitrogens is 1. The molecule has 1 aromatic rings. The van der Waals surface area contributed by atoms with Gasteiger partial charge in [0.05, 0.1) is 11.3 Å². The van der Waals surface area contributed by atoms with Gasteiger partial charge in [-0.05, 0) is 25.8 Å². The zero-order chi connectivity index (χ0) is 13.9. The van der Waals surface area contributed by atoms with Crippen molar-refractivity contribution in [3.05, 3.63) is 23.5 Å². The van der Waals surface area contributed by atoms with Gasteiger partial charge >= 0.3 is 0 Å². The third-order valence-electron chi connectivity index (χ3n) is 3.44. The van der Waals surface area contributed by atoms with E-state index in [0.29, 0.717) is 11.5 Å². The van der Waals surface area contributed by atoms with Gasteiger partial charge in [-0.2, -0.15) is 0 Å². The summed E-state index contributed by atoms with van der Waals surface area (Å²) >= 11 is 0. The van der Waals surface area contributed by atoms with Crippen LogP contribution in [0.2, 0.25) is 0 Å². The normalized spacial score (nSPS) is 12.4. The van der Waals surface area contributed by atoms with Crippen LogP contribution in [0.1, 0.15) is 36.8 Å². The van der Waals surface area contributed by atoms with E-state index in [4.69, 9.17) is 0 Å². The number of amides is 1. The van der Waals surface area contributed by atoms with E-state index in [1.54, 1.807) is 11.1 Å². The molecular formula is C14H23N3O. The zero-order valence-corrected chi connectivity index (χ0v) is 12.1. The Balaban J connectivity index is 3.03. The molecule has 1 unspecified atom stereocenters. The molecule has 0 aliphatic carbocycles. The predicted molar refractivity (Wildman–Crippen MR) is 74.9 cm³/mol. The maximum Gasteiger partial charge on any atom is 0.257 e. The fourth-order valence-corrected chi connectivity index (χ4v) is 1.76. The van der Waals surface area contributed by atoms with Crippen LogP contribution in [0.4, 0.5) is 5.69 Å². The minimum absolute atomic E-state index is 0.00745. The molecule has 18 heavy (non-hydrogen) atoms. The van der Waals surface area contributed by atoms with E-state index in [-0.39, 0.29) is 11.9 Å².